The van der Waals surface area contributed by atoms with E-state index >= 15 is 0 Å². The number of unbranched alkanes of at least 4 members (excludes halogenated alkanes) is 3. The van der Waals surface area contributed by atoms with Crippen LogP contribution >= 0.6 is 23.1 Å². The van der Waals surface area contributed by atoms with Gasteiger partial charge in [-0.2, -0.15) is 11.8 Å². The number of allylic oxidation sites excluding steroid dienone is 1. The highest BCUT2D eigenvalue weighted by Crippen LogP contribution is 2.35. The van der Waals surface area contributed by atoms with E-state index in [2.05, 4.69) is 18.1 Å². The molecule has 1 aromatic rings. The Morgan fingerprint density at radius 2 is 2.32 bits per heavy atom. The van der Waals surface area contributed by atoms with Crippen molar-refractivity contribution >= 4 is 23.1 Å². The van der Waals surface area contributed by atoms with E-state index in [0.29, 0.717) is 6.04 Å². The van der Waals surface area contributed by atoms with Crippen molar-refractivity contribution in [1.82, 2.24) is 5.43 Å². The first kappa shape index (κ1) is 15.1. The molecule has 4 heteroatoms. The summed E-state index contributed by atoms with van der Waals surface area (Å²) in [6.07, 6.45) is 9.26. The molecule has 0 spiro atoms. The number of hydrogen-bond donors (Lipinski definition) is 2. The molecule has 0 fully saturated rings. The molecule has 3 N–H and O–H groups in total. The number of hydrazine groups is 1. The number of rotatable bonds is 8. The quantitative estimate of drug-likeness (QED) is 0.327. The Morgan fingerprint density at radius 3 is 3.05 bits per heavy atom. The Labute approximate surface area is 124 Å². The van der Waals surface area contributed by atoms with Gasteiger partial charge in [0.1, 0.15) is 0 Å². The van der Waals surface area contributed by atoms with Crippen molar-refractivity contribution in [3.8, 4) is 0 Å². The predicted octanol–water partition coefficient (Wildman–Crippen LogP) is 4.18. The lowest BCUT2D eigenvalue weighted by molar-refractivity contribution is 0.490. The van der Waals surface area contributed by atoms with E-state index < -0.39 is 0 Å². The van der Waals surface area contributed by atoms with E-state index in [-0.39, 0.29) is 0 Å². The smallest absolute Gasteiger partial charge is 0.0553 e. The summed E-state index contributed by atoms with van der Waals surface area (Å²) >= 11 is 4.01. The minimum Gasteiger partial charge on any atom is -0.271 e. The minimum absolute atomic E-state index is 0.337. The Kier molecular flexibility index (Phi) is 6.44. The molecule has 0 radical (unpaired) electrons. The van der Waals surface area contributed by atoms with Gasteiger partial charge in [0.15, 0.2) is 0 Å². The van der Waals surface area contributed by atoms with Crippen molar-refractivity contribution in [1.29, 1.82) is 0 Å². The maximum atomic E-state index is 5.74. The molecule has 2 heterocycles. The molecule has 2 nitrogen and oxygen atoms in total. The number of thiophene rings is 1. The number of nitrogens with one attached hydrogen (secondary N) is 1. The molecule has 1 aliphatic rings. The van der Waals surface area contributed by atoms with Gasteiger partial charge in [0.2, 0.25) is 0 Å². The lowest BCUT2D eigenvalue weighted by Gasteiger charge is -2.13. The second-order valence-corrected chi connectivity index (χ2v) is 7.32. The van der Waals surface area contributed by atoms with Gasteiger partial charge in [-0.25, -0.2) is 0 Å². The summed E-state index contributed by atoms with van der Waals surface area (Å²) in [7, 11) is 0. The zero-order valence-electron chi connectivity index (χ0n) is 11.5. The van der Waals surface area contributed by atoms with Crippen LogP contribution in [0, 0.1) is 0 Å². The van der Waals surface area contributed by atoms with Gasteiger partial charge in [-0.15, -0.1) is 17.9 Å². The minimum atomic E-state index is 0.337. The third-order valence-corrected chi connectivity index (χ3v) is 5.95. The van der Waals surface area contributed by atoms with Crippen molar-refractivity contribution in [2.24, 2.45) is 5.84 Å². The molecule has 0 saturated carbocycles. The number of thioether (sulfide) groups is 1. The van der Waals surface area contributed by atoms with Gasteiger partial charge < -0.3 is 0 Å². The van der Waals surface area contributed by atoms with Crippen LogP contribution in [0.2, 0.25) is 0 Å². The standard InChI is InChI=1S/C15H24N2S2/c1-2-3-4-5-6-7-13(17-16)15-10-12-11-18-9-8-14(12)19-15/h2,10,13,17H,1,3-9,11,16H2. The van der Waals surface area contributed by atoms with E-state index in [1.165, 1.54) is 42.1 Å². The van der Waals surface area contributed by atoms with E-state index in [0.717, 1.165) is 12.8 Å². The summed E-state index contributed by atoms with van der Waals surface area (Å²) in [5.74, 6) is 8.19. The number of nitrogens with two attached hydrogens (primary N) is 1. The van der Waals surface area contributed by atoms with Crippen LogP contribution in [0.1, 0.15) is 53.5 Å². The molecular weight excluding hydrogens is 272 g/mol. The molecule has 1 aromatic heterocycles. The average molecular weight is 297 g/mol. The lowest BCUT2D eigenvalue weighted by Crippen LogP contribution is -2.27. The Hall–Kier alpha value is -0.290. The van der Waals surface area contributed by atoms with Gasteiger partial charge in [0, 0.05) is 15.5 Å². The van der Waals surface area contributed by atoms with E-state index in [9.17, 15) is 0 Å². The topological polar surface area (TPSA) is 38.0 Å². The largest absolute Gasteiger partial charge is 0.271 e. The van der Waals surface area contributed by atoms with Crippen LogP contribution in [-0.2, 0) is 12.2 Å². The molecular formula is C15H24N2S2. The fraction of sp³-hybridized carbons (Fsp3) is 0.600. The van der Waals surface area contributed by atoms with Gasteiger partial charge in [0.05, 0.1) is 6.04 Å². The van der Waals surface area contributed by atoms with Crippen LogP contribution in [0.15, 0.2) is 18.7 Å². The summed E-state index contributed by atoms with van der Waals surface area (Å²) < 4.78 is 0. The van der Waals surface area contributed by atoms with Crippen molar-refractivity contribution < 1.29 is 0 Å². The molecule has 0 aromatic carbocycles. The van der Waals surface area contributed by atoms with Crippen LogP contribution in [0.3, 0.4) is 0 Å². The maximum Gasteiger partial charge on any atom is 0.0553 e. The van der Waals surface area contributed by atoms with Gasteiger partial charge >= 0.3 is 0 Å². The van der Waals surface area contributed by atoms with Crippen LogP contribution in [0.5, 0.6) is 0 Å². The number of aryl methyl sites for hydroxylation is 1. The van der Waals surface area contributed by atoms with Gasteiger partial charge in [-0.1, -0.05) is 18.9 Å². The summed E-state index contributed by atoms with van der Waals surface area (Å²) in [6, 6.07) is 2.71. The number of fused-ring (bicyclic) bond motifs is 1. The van der Waals surface area contributed by atoms with E-state index in [1.54, 1.807) is 10.4 Å². The highest BCUT2D eigenvalue weighted by Gasteiger charge is 2.18. The number of hydrogen-bond acceptors (Lipinski definition) is 4. The zero-order chi connectivity index (χ0) is 13.5. The third-order valence-electron chi connectivity index (χ3n) is 3.59. The monoisotopic (exact) mass is 296 g/mol. The molecule has 19 heavy (non-hydrogen) atoms. The predicted molar refractivity (Wildman–Crippen MR) is 87.5 cm³/mol. The molecule has 0 aliphatic carbocycles. The molecule has 0 bridgehead atoms. The Morgan fingerprint density at radius 1 is 1.42 bits per heavy atom. The maximum absolute atomic E-state index is 5.74. The summed E-state index contributed by atoms with van der Waals surface area (Å²) in [6.45, 7) is 3.76. The van der Waals surface area contributed by atoms with Gasteiger partial charge in [-0.3, -0.25) is 11.3 Å². The molecule has 0 saturated heterocycles. The first-order valence-corrected chi connectivity index (χ1v) is 9.08. The van der Waals surface area contributed by atoms with Gasteiger partial charge in [0.25, 0.3) is 0 Å². The molecule has 2 rings (SSSR count). The molecule has 106 valence electrons. The Bertz CT molecular complexity index is 377. The first-order chi connectivity index (χ1) is 9.35. The molecule has 1 atom stereocenters. The molecule has 1 unspecified atom stereocenters. The third kappa shape index (κ3) is 4.35. The normalized spacial score (nSPS) is 16.1. The summed E-state index contributed by atoms with van der Waals surface area (Å²) in [4.78, 5) is 3.01. The van der Waals surface area contributed by atoms with Crippen LogP contribution in [0.25, 0.3) is 0 Å². The highest BCUT2D eigenvalue weighted by atomic mass is 32.2. The summed E-state index contributed by atoms with van der Waals surface area (Å²) in [5, 5.41) is 0. The van der Waals surface area contributed by atoms with Crippen molar-refractivity contribution in [3.63, 3.8) is 0 Å². The molecule has 1 aliphatic heterocycles. The Balaban J connectivity index is 1.86. The van der Waals surface area contributed by atoms with Crippen molar-refractivity contribution in [2.45, 2.75) is 50.3 Å². The van der Waals surface area contributed by atoms with Crippen LogP contribution < -0.4 is 11.3 Å². The fourth-order valence-corrected chi connectivity index (χ4v) is 4.93. The second-order valence-electron chi connectivity index (χ2n) is 5.05. The zero-order valence-corrected chi connectivity index (χ0v) is 13.1. The van der Waals surface area contributed by atoms with E-state index in [1.807, 2.05) is 29.2 Å². The first-order valence-electron chi connectivity index (χ1n) is 7.11. The van der Waals surface area contributed by atoms with Crippen LogP contribution in [-0.4, -0.2) is 5.75 Å². The second kappa shape index (κ2) is 8.10. The fourth-order valence-electron chi connectivity index (χ4n) is 2.46. The lowest BCUT2D eigenvalue weighted by atomic mass is 10.1. The molecule has 0 amide bonds. The van der Waals surface area contributed by atoms with Crippen molar-refractivity contribution in [2.75, 3.05) is 5.75 Å². The van der Waals surface area contributed by atoms with Gasteiger partial charge in [-0.05, 0) is 43.1 Å². The van der Waals surface area contributed by atoms with Crippen LogP contribution in [0.4, 0.5) is 0 Å². The summed E-state index contributed by atoms with van der Waals surface area (Å²) in [5.41, 5.74) is 4.55. The van der Waals surface area contributed by atoms with E-state index in [4.69, 9.17) is 5.84 Å². The average Bonchev–Trinajstić information content (AvgIpc) is 2.86. The highest BCUT2D eigenvalue weighted by molar-refractivity contribution is 7.98. The SMILES string of the molecule is C=CCCCCCC(NN)c1cc2c(s1)CCSC2. The van der Waals surface area contributed by atoms with Crippen molar-refractivity contribution in [3.05, 3.63) is 34.0 Å².